The smallest absolute Gasteiger partial charge is 0.267 e. The number of fused-ring (bicyclic) bond motifs is 4. The Morgan fingerprint density at radius 1 is 1.08 bits per heavy atom. The zero-order valence-electron chi connectivity index (χ0n) is 21.0. The van der Waals surface area contributed by atoms with Gasteiger partial charge in [-0.3, -0.25) is 14.6 Å². The number of nitrogens with two attached hydrogens (primary N) is 1. The molecule has 7 heteroatoms. The van der Waals surface area contributed by atoms with Crippen LogP contribution < -0.4 is 15.4 Å². The summed E-state index contributed by atoms with van der Waals surface area (Å²) in [6.45, 7) is 10.00. The predicted molar refractivity (Wildman–Crippen MR) is 145 cm³/mol. The van der Waals surface area contributed by atoms with Crippen molar-refractivity contribution in [2.75, 3.05) is 12.0 Å². The molecule has 3 aromatic carbocycles. The van der Waals surface area contributed by atoms with Crippen molar-refractivity contribution in [2.45, 2.75) is 26.4 Å². The molecule has 0 fully saturated rings. The van der Waals surface area contributed by atoms with E-state index in [0.29, 0.717) is 30.8 Å². The van der Waals surface area contributed by atoms with E-state index >= 15 is 0 Å². The molecule has 7 nitrogen and oxygen atoms in total. The Morgan fingerprint density at radius 3 is 2.68 bits per heavy atom. The van der Waals surface area contributed by atoms with E-state index in [1.54, 1.807) is 24.3 Å². The SMILES string of the molecule is [C-]#[N+]Cc1ccc2c(c1)Cc1c(C(N)=O)ncc(-c3cccc(N4Cc5ccc(OC)cc5C4=O)c3C)c1-2. The Kier molecular flexibility index (Phi) is 5.46. The van der Waals surface area contributed by atoms with Gasteiger partial charge in [-0.2, -0.15) is 0 Å². The van der Waals surface area contributed by atoms with Gasteiger partial charge in [-0.1, -0.05) is 30.3 Å². The van der Waals surface area contributed by atoms with Crippen molar-refractivity contribution in [2.24, 2.45) is 5.73 Å². The number of carbonyl (C=O) groups excluding carboxylic acids is 2. The minimum atomic E-state index is -0.566. The van der Waals surface area contributed by atoms with Gasteiger partial charge in [0.15, 0.2) is 0 Å². The van der Waals surface area contributed by atoms with Gasteiger partial charge in [0.1, 0.15) is 11.4 Å². The molecule has 0 saturated carbocycles. The van der Waals surface area contributed by atoms with Gasteiger partial charge in [0, 0.05) is 35.0 Å². The third-order valence-electron chi connectivity index (χ3n) is 7.49. The van der Waals surface area contributed by atoms with Gasteiger partial charge in [0.2, 0.25) is 6.54 Å². The molecular weight excluding hydrogens is 476 g/mol. The average molecular weight is 501 g/mol. The van der Waals surface area contributed by atoms with Gasteiger partial charge < -0.3 is 20.2 Å². The van der Waals surface area contributed by atoms with Crippen LogP contribution in [-0.2, 0) is 19.5 Å². The summed E-state index contributed by atoms with van der Waals surface area (Å²) < 4.78 is 5.32. The lowest BCUT2D eigenvalue weighted by atomic mass is 9.91. The summed E-state index contributed by atoms with van der Waals surface area (Å²) in [6.07, 6.45) is 2.23. The number of primary amides is 1. The van der Waals surface area contributed by atoms with Crippen molar-refractivity contribution >= 4 is 17.5 Å². The number of methoxy groups -OCH3 is 1. The largest absolute Gasteiger partial charge is 0.497 e. The molecule has 0 atom stereocenters. The van der Waals surface area contributed by atoms with E-state index in [-0.39, 0.29) is 11.6 Å². The number of carbonyl (C=O) groups is 2. The molecule has 0 spiro atoms. The van der Waals surface area contributed by atoms with Crippen LogP contribution in [0.25, 0.3) is 27.1 Å². The Bertz CT molecular complexity index is 1720. The zero-order valence-corrected chi connectivity index (χ0v) is 21.0. The summed E-state index contributed by atoms with van der Waals surface area (Å²) in [6, 6.07) is 17.5. The van der Waals surface area contributed by atoms with E-state index in [1.165, 1.54) is 0 Å². The van der Waals surface area contributed by atoms with Gasteiger partial charge >= 0.3 is 0 Å². The van der Waals surface area contributed by atoms with Crippen LogP contribution in [0.1, 0.15) is 48.7 Å². The molecule has 2 heterocycles. The molecule has 1 aliphatic heterocycles. The first-order valence-electron chi connectivity index (χ1n) is 12.3. The quantitative estimate of drug-likeness (QED) is 0.331. The van der Waals surface area contributed by atoms with Crippen molar-refractivity contribution in [1.29, 1.82) is 0 Å². The average Bonchev–Trinajstić information content (AvgIpc) is 3.45. The molecule has 0 saturated heterocycles. The molecule has 2 amide bonds. The highest BCUT2D eigenvalue weighted by Gasteiger charge is 2.32. The number of pyridine rings is 1. The van der Waals surface area contributed by atoms with E-state index in [2.05, 4.69) is 9.83 Å². The van der Waals surface area contributed by atoms with Crippen LogP contribution in [0.2, 0.25) is 0 Å². The third kappa shape index (κ3) is 3.53. The molecule has 2 N–H and O–H groups in total. The second-order valence-electron chi connectivity index (χ2n) is 9.59. The minimum Gasteiger partial charge on any atom is -0.497 e. The van der Waals surface area contributed by atoms with Crippen molar-refractivity contribution in [1.82, 2.24) is 4.98 Å². The second-order valence-corrected chi connectivity index (χ2v) is 9.59. The van der Waals surface area contributed by atoms with Crippen LogP contribution in [0.5, 0.6) is 5.75 Å². The lowest BCUT2D eigenvalue weighted by Crippen LogP contribution is -2.24. The first kappa shape index (κ1) is 23.4. The molecule has 6 rings (SSSR count). The molecule has 186 valence electrons. The van der Waals surface area contributed by atoms with Crippen LogP contribution in [0.3, 0.4) is 0 Å². The maximum Gasteiger partial charge on any atom is 0.267 e. The summed E-state index contributed by atoms with van der Waals surface area (Å²) in [5.41, 5.74) is 15.9. The first-order chi connectivity index (χ1) is 18.4. The fraction of sp³-hybridized carbons (Fsp3) is 0.161. The number of nitrogens with zero attached hydrogens (tertiary/aromatic N) is 3. The summed E-state index contributed by atoms with van der Waals surface area (Å²) in [7, 11) is 1.59. The van der Waals surface area contributed by atoms with Crippen LogP contribution in [-0.4, -0.2) is 23.9 Å². The van der Waals surface area contributed by atoms with Gasteiger partial charge in [0.05, 0.1) is 13.7 Å². The monoisotopic (exact) mass is 500 g/mol. The number of amides is 2. The Balaban J connectivity index is 1.48. The lowest BCUT2D eigenvalue weighted by molar-refractivity contribution is 0.0987. The first-order valence-corrected chi connectivity index (χ1v) is 12.3. The normalized spacial score (nSPS) is 13.1. The Hall–Kier alpha value is -4.96. The highest BCUT2D eigenvalue weighted by molar-refractivity contribution is 6.11. The summed E-state index contributed by atoms with van der Waals surface area (Å²) >= 11 is 0. The fourth-order valence-corrected chi connectivity index (χ4v) is 5.68. The molecule has 4 aromatic rings. The van der Waals surface area contributed by atoms with E-state index < -0.39 is 5.91 Å². The van der Waals surface area contributed by atoms with Gasteiger partial charge in [-0.25, -0.2) is 6.57 Å². The number of ether oxygens (including phenoxy) is 1. The molecule has 1 aromatic heterocycles. The van der Waals surface area contributed by atoms with Gasteiger partial charge in [-0.15, -0.1) is 0 Å². The minimum absolute atomic E-state index is 0.0655. The number of rotatable bonds is 5. The maximum absolute atomic E-state index is 13.4. The second kappa shape index (κ2) is 8.86. The molecular formula is C31H24N4O3. The number of hydrogen-bond acceptors (Lipinski definition) is 4. The summed E-state index contributed by atoms with van der Waals surface area (Å²) in [5.74, 6) is 0.0198. The molecule has 0 radical (unpaired) electrons. The standard InChI is InChI=1S/C31H24N4O3/c1-17-22(5-4-6-27(17)35-16-19-8-9-21(38-3)13-24(19)31(35)37)26-15-34-29(30(32)36)25-12-20-11-18(14-33-2)7-10-23(20)28(25)26/h4-11,13,15H,12,14,16H2,1,3H3,(H2,32,36). The zero-order chi connectivity index (χ0) is 26.6. The molecule has 0 unspecified atom stereocenters. The number of hydrogen-bond donors (Lipinski definition) is 1. The summed E-state index contributed by atoms with van der Waals surface area (Å²) in [4.78, 5) is 35.5. The molecule has 1 aliphatic carbocycles. The van der Waals surface area contributed by atoms with Crippen molar-refractivity contribution in [3.63, 3.8) is 0 Å². The third-order valence-corrected chi connectivity index (χ3v) is 7.49. The van der Waals surface area contributed by atoms with Crippen LogP contribution >= 0.6 is 0 Å². The maximum atomic E-state index is 13.4. The van der Waals surface area contributed by atoms with Crippen LogP contribution in [0.15, 0.2) is 60.8 Å². The van der Waals surface area contributed by atoms with Crippen LogP contribution in [0.4, 0.5) is 5.69 Å². The van der Waals surface area contributed by atoms with Crippen molar-refractivity contribution in [3.8, 4) is 28.0 Å². The van der Waals surface area contributed by atoms with Crippen molar-refractivity contribution < 1.29 is 14.3 Å². The topological polar surface area (TPSA) is 89.9 Å². The number of anilines is 1. The highest BCUT2D eigenvalue weighted by Crippen LogP contribution is 2.46. The summed E-state index contributed by atoms with van der Waals surface area (Å²) in [5, 5.41) is 0. The van der Waals surface area contributed by atoms with E-state index in [4.69, 9.17) is 17.0 Å². The predicted octanol–water partition coefficient (Wildman–Crippen LogP) is 5.32. The molecule has 0 bridgehead atoms. The van der Waals surface area contributed by atoms with E-state index in [0.717, 1.165) is 55.8 Å². The number of benzene rings is 3. The van der Waals surface area contributed by atoms with E-state index in [1.807, 2.05) is 55.5 Å². The Labute approximate surface area is 220 Å². The Morgan fingerprint density at radius 2 is 1.92 bits per heavy atom. The van der Waals surface area contributed by atoms with E-state index in [9.17, 15) is 9.59 Å². The van der Waals surface area contributed by atoms with Gasteiger partial charge in [-0.05, 0) is 70.1 Å². The van der Waals surface area contributed by atoms with Crippen LogP contribution in [0, 0.1) is 13.5 Å². The number of aromatic nitrogens is 1. The fourth-order valence-electron chi connectivity index (χ4n) is 5.68. The van der Waals surface area contributed by atoms with Crippen molar-refractivity contribution in [3.05, 3.63) is 111 Å². The lowest BCUT2D eigenvalue weighted by Gasteiger charge is -2.21. The molecule has 38 heavy (non-hydrogen) atoms. The van der Waals surface area contributed by atoms with Gasteiger partial charge in [0.25, 0.3) is 11.8 Å². The molecule has 2 aliphatic rings. The highest BCUT2D eigenvalue weighted by atomic mass is 16.5.